The maximum Gasteiger partial charge on any atom is 0.294 e. The maximum atomic E-state index is 13.7. The van der Waals surface area contributed by atoms with E-state index >= 15 is 0 Å². The third-order valence-electron chi connectivity index (χ3n) is 6.82. The van der Waals surface area contributed by atoms with Crippen molar-refractivity contribution in [3.05, 3.63) is 95.0 Å². The number of piperazine rings is 1. The van der Waals surface area contributed by atoms with Gasteiger partial charge in [-0.1, -0.05) is 36.4 Å². The highest BCUT2D eigenvalue weighted by Gasteiger charge is 2.33. The van der Waals surface area contributed by atoms with Crippen molar-refractivity contribution in [3.63, 3.8) is 0 Å². The molecule has 0 spiro atoms. The number of fused-ring (bicyclic) bond motifs is 1. The fourth-order valence-corrected chi connectivity index (χ4v) is 4.68. The van der Waals surface area contributed by atoms with Crippen molar-refractivity contribution in [2.24, 2.45) is 0 Å². The van der Waals surface area contributed by atoms with Crippen LogP contribution < -0.4 is 14.5 Å². The van der Waals surface area contributed by atoms with Crippen molar-refractivity contribution in [3.8, 4) is 5.75 Å². The molecule has 0 saturated carbocycles. The van der Waals surface area contributed by atoms with Gasteiger partial charge >= 0.3 is 0 Å². The summed E-state index contributed by atoms with van der Waals surface area (Å²) in [6, 6.07) is 19.3. The first-order valence-corrected chi connectivity index (χ1v) is 12.1. The fourth-order valence-electron chi connectivity index (χ4n) is 4.68. The Balaban J connectivity index is 1.32. The first-order valence-electron chi connectivity index (χ1n) is 12.1. The summed E-state index contributed by atoms with van der Waals surface area (Å²) in [6.45, 7) is 6.76. The quantitative estimate of drug-likeness (QED) is 0.509. The number of benzene rings is 3. The molecule has 2 amide bonds. The molecule has 2 aliphatic rings. The largest absolute Gasteiger partial charge is 0.449 e. The van der Waals surface area contributed by atoms with Crippen LogP contribution in [0.5, 0.6) is 5.75 Å². The predicted molar refractivity (Wildman–Crippen MR) is 139 cm³/mol. The number of hydrogen-bond donors (Lipinski definition) is 0. The van der Waals surface area contributed by atoms with Gasteiger partial charge in [0.05, 0.1) is 5.69 Å². The zero-order valence-corrected chi connectivity index (χ0v) is 20.4. The molecule has 0 aliphatic carbocycles. The first kappa shape index (κ1) is 23.6. The van der Waals surface area contributed by atoms with Gasteiger partial charge < -0.3 is 14.5 Å². The Kier molecular flexibility index (Phi) is 6.46. The number of para-hydroxylation sites is 2. The number of halogens is 1. The van der Waals surface area contributed by atoms with Crippen LogP contribution in [-0.2, 0) is 9.59 Å². The number of anilines is 2. The van der Waals surface area contributed by atoms with Crippen LogP contribution in [0.4, 0.5) is 15.8 Å². The number of aryl methyl sites for hydroxylation is 1. The molecule has 0 bridgehead atoms. The smallest absolute Gasteiger partial charge is 0.294 e. The van der Waals surface area contributed by atoms with Gasteiger partial charge in [-0.05, 0) is 66.9 Å². The molecule has 36 heavy (non-hydrogen) atoms. The third-order valence-corrected chi connectivity index (χ3v) is 6.82. The van der Waals surface area contributed by atoms with E-state index in [0.717, 1.165) is 13.1 Å². The summed E-state index contributed by atoms with van der Waals surface area (Å²) in [5.41, 5.74) is 4.75. The Bertz CT molecular complexity index is 1350. The van der Waals surface area contributed by atoms with E-state index < -0.39 is 11.7 Å². The number of carbonyl (C=O) groups is 2. The van der Waals surface area contributed by atoms with Crippen LogP contribution in [0.3, 0.4) is 0 Å². The number of ether oxygens (including phenoxy) is 1. The topological polar surface area (TPSA) is 53.1 Å². The lowest BCUT2D eigenvalue weighted by molar-refractivity contribution is -0.131. The average molecular weight is 486 g/mol. The van der Waals surface area contributed by atoms with Gasteiger partial charge in [0.15, 0.2) is 11.5 Å². The average Bonchev–Trinajstić information content (AvgIpc) is 2.88. The van der Waals surface area contributed by atoms with E-state index in [1.54, 1.807) is 36.4 Å². The van der Waals surface area contributed by atoms with Crippen molar-refractivity contribution >= 4 is 29.3 Å². The molecule has 0 unspecified atom stereocenters. The van der Waals surface area contributed by atoms with Crippen LogP contribution in [0.1, 0.15) is 16.7 Å². The SMILES string of the molecule is Cc1cccc(N2CCN(C(=O)CN3C(=O)C(=Cc4cccc(F)c4)Oc4ccccc43)CC2)c1C. The highest BCUT2D eigenvalue weighted by atomic mass is 19.1. The lowest BCUT2D eigenvalue weighted by Gasteiger charge is -2.38. The molecule has 3 aromatic carbocycles. The summed E-state index contributed by atoms with van der Waals surface area (Å²) < 4.78 is 19.5. The highest BCUT2D eigenvalue weighted by Crippen LogP contribution is 2.35. The van der Waals surface area contributed by atoms with E-state index in [1.165, 1.54) is 39.9 Å². The second kappa shape index (κ2) is 9.85. The van der Waals surface area contributed by atoms with Gasteiger partial charge in [-0.2, -0.15) is 0 Å². The van der Waals surface area contributed by atoms with E-state index in [4.69, 9.17) is 4.74 Å². The molecule has 3 aromatic rings. The van der Waals surface area contributed by atoms with E-state index in [0.29, 0.717) is 30.1 Å². The van der Waals surface area contributed by atoms with Crippen LogP contribution in [0.15, 0.2) is 72.5 Å². The monoisotopic (exact) mass is 485 g/mol. The Morgan fingerprint density at radius 2 is 1.67 bits per heavy atom. The summed E-state index contributed by atoms with van der Waals surface area (Å²) in [5.74, 6) is -0.426. The van der Waals surface area contributed by atoms with E-state index in [-0.39, 0.29) is 18.2 Å². The standard InChI is InChI=1S/C29H28FN3O3/c1-20-7-5-11-24(21(20)2)31-13-15-32(16-14-31)28(34)19-33-25-10-3-4-12-26(25)36-27(29(33)35)18-22-8-6-9-23(30)17-22/h3-12,17-18H,13-16,19H2,1-2H3. The van der Waals surface area contributed by atoms with Gasteiger partial charge in [-0.3, -0.25) is 14.5 Å². The molecule has 0 aromatic heterocycles. The molecule has 2 heterocycles. The molecule has 2 aliphatic heterocycles. The van der Waals surface area contributed by atoms with Crippen LogP contribution >= 0.6 is 0 Å². The fraction of sp³-hybridized carbons (Fsp3) is 0.241. The minimum Gasteiger partial charge on any atom is -0.449 e. The maximum absolute atomic E-state index is 13.7. The Labute approximate surface area is 210 Å². The highest BCUT2D eigenvalue weighted by molar-refractivity contribution is 6.12. The first-order chi connectivity index (χ1) is 17.4. The van der Waals surface area contributed by atoms with E-state index in [2.05, 4.69) is 36.9 Å². The van der Waals surface area contributed by atoms with Crippen LogP contribution in [0.2, 0.25) is 0 Å². The molecule has 1 fully saturated rings. The molecule has 7 heteroatoms. The van der Waals surface area contributed by atoms with Crippen LogP contribution in [0, 0.1) is 19.7 Å². The number of nitrogens with zero attached hydrogens (tertiary/aromatic N) is 3. The van der Waals surface area contributed by atoms with Crippen molar-refractivity contribution in [1.82, 2.24) is 4.90 Å². The summed E-state index contributed by atoms with van der Waals surface area (Å²) >= 11 is 0. The summed E-state index contributed by atoms with van der Waals surface area (Å²) in [7, 11) is 0. The number of carbonyl (C=O) groups excluding carboxylic acids is 2. The predicted octanol–water partition coefficient (Wildman–Crippen LogP) is 4.56. The second-order valence-electron chi connectivity index (χ2n) is 9.11. The van der Waals surface area contributed by atoms with Gasteiger partial charge in [0.2, 0.25) is 5.91 Å². The Morgan fingerprint density at radius 1 is 0.944 bits per heavy atom. The molecule has 6 nitrogen and oxygen atoms in total. The van der Waals surface area contributed by atoms with E-state index in [9.17, 15) is 14.0 Å². The van der Waals surface area contributed by atoms with Crippen molar-refractivity contribution in [1.29, 1.82) is 0 Å². The molecule has 0 N–H and O–H groups in total. The normalized spacial score (nSPS) is 16.7. The minimum atomic E-state index is -0.430. The van der Waals surface area contributed by atoms with E-state index in [1.807, 2.05) is 4.90 Å². The number of rotatable bonds is 4. The minimum absolute atomic E-state index is 0.0480. The molecular formula is C29H28FN3O3. The molecule has 0 radical (unpaired) electrons. The van der Waals surface area contributed by atoms with Gasteiger partial charge in [0, 0.05) is 31.9 Å². The number of amides is 2. The van der Waals surface area contributed by atoms with Crippen molar-refractivity contribution < 1.29 is 18.7 Å². The lowest BCUT2D eigenvalue weighted by Crippen LogP contribution is -2.52. The molecule has 5 rings (SSSR count). The molecule has 1 saturated heterocycles. The number of hydrogen-bond acceptors (Lipinski definition) is 4. The lowest BCUT2D eigenvalue weighted by atomic mass is 10.1. The molecular weight excluding hydrogens is 457 g/mol. The van der Waals surface area contributed by atoms with Gasteiger partial charge in [-0.15, -0.1) is 0 Å². The van der Waals surface area contributed by atoms with Gasteiger partial charge in [0.1, 0.15) is 12.4 Å². The molecule has 184 valence electrons. The second-order valence-corrected chi connectivity index (χ2v) is 9.11. The van der Waals surface area contributed by atoms with Crippen molar-refractivity contribution in [2.45, 2.75) is 13.8 Å². The zero-order valence-electron chi connectivity index (χ0n) is 20.4. The Hall–Kier alpha value is -4.13. The molecule has 0 atom stereocenters. The Morgan fingerprint density at radius 3 is 2.44 bits per heavy atom. The summed E-state index contributed by atoms with van der Waals surface area (Å²) in [4.78, 5) is 32.2. The summed E-state index contributed by atoms with van der Waals surface area (Å²) in [6.07, 6.45) is 1.50. The van der Waals surface area contributed by atoms with Crippen LogP contribution in [-0.4, -0.2) is 49.4 Å². The zero-order chi connectivity index (χ0) is 25.2. The van der Waals surface area contributed by atoms with Crippen molar-refractivity contribution in [2.75, 3.05) is 42.5 Å². The van der Waals surface area contributed by atoms with Gasteiger partial charge in [0.25, 0.3) is 5.91 Å². The van der Waals surface area contributed by atoms with Gasteiger partial charge in [-0.25, -0.2) is 4.39 Å². The van der Waals surface area contributed by atoms with Crippen LogP contribution in [0.25, 0.3) is 6.08 Å². The third kappa shape index (κ3) is 4.69. The summed E-state index contributed by atoms with van der Waals surface area (Å²) in [5, 5.41) is 0.